The van der Waals surface area contributed by atoms with E-state index in [4.69, 9.17) is 17.2 Å². The predicted molar refractivity (Wildman–Crippen MR) is 174 cm³/mol. The van der Waals surface area contributed by atoms with Crippen LogP contribution in [0.3, 0.4) is 0 Å². The summed E-state index contributed by atoms with van der Waals surface area (Å²) in [6.07, 6.45) is 2.11. The molecule has 3 heterocycles. The fraction of sp³-hybridized carbons (Fsp3) is 0.229. The number of thiocarbonyl (C=S) groups is 1. The molecule has 0 bridgehead atoms. The number of pyridine rings is 1. The third-order valence-corrected chi connectivity index (χ3v) is 8.80. The van der Waals surface area contributed by atoms with Crippen LogP contribution in [0.1, 0.15) is 52.3 Å². The second-order valence-corrected chi connectivity index (χ2v) is 11.4. The first kappa shape index (κ1) is 27.7. The first-order valence-electron chi connectivity index (χ1n) is 14.3. The van der Waals surface area contributed by atoms with Crippen LogP contribution in [-0.2, 0) is 4.79 Å². The summed E-state index contributed by atoms with van der Waals surface area (Å²) in [5.41, 5.74) is 8.92. The highest BCUT2D eigenvalue weighted by Gasteiger charge is 2.41. The Bertz CT molecular complexity index is 1790. The second kappa shape index (κ2) is 11.4. The van der Waals surface area contributed by atoms with Crippen molar-refractivity contribution < 1.29 is 4.79 Å². The topological polar surface area (TPSA) is 62.2 Å². The number of rotatable bonds is 7. The van der Waals surface area contributed by atoms with Gasteiger partial charge in [0.05, 0.1) is 17.8 Å². The average molecular weight is 574 g/mol. The van der Waals surface area contributed by atoms with Crippen LogP contribution >= 0.6 is 12.2 Å². The lowest BCUT2D eigenvalue weighted by Gasteiger charge is -2.28. The number of aromatic nitrogens is 2. The summed E-state index contributed by atoms with van der Waals surface area (Å²) in [6.45, 7) is 9.12. The quantitative estimate of drug-likeness (QED) is 0.201. The van der Waals surface area contributed by atoms with Gasteiger partial charge in [-0.1, -0.05) is 54.6 Å². The Hall–Kier alpha value is -4.49. The van der Waals surface area contributed by atoms with Crippen molar-refractivity contribution in [1.82, 2.24) is 19.8 Å². The zero-order valence-electron chi connectivity index (χ0n) is 24.4. The van der Waals surface area contributed by atoms with Crippen LogP contribution in [0.5, 0.6) is 0 Å². The fourth-order valence-electron chi connectivity index (χ4n) is 6.19. The van der Waals surface area contributed by atoms with E-state index in [1.54, 1.807) is 0 Å². The van der Waals surface area contributed by atoms with E-state index in [0.29, 0.717) is 18.1 Å². The number of amides is 1. The molecular formula is C35H35N5OS. The van der Waals surface area contributed by atoms with E-state index in [1.165, 1.54) is 22.4 Å². The highest BCUT2D eigenvalue weighted by molar-refractivity contribution is 7.80. The van der Waals surface area contributed by atoms with E-state index in [-0.39, 0.29) is 18.0 Å². The van der Waals surface area contributed by atoms with E-state index in [1.807, 2.05) is 54.7 Å². The molecule has 5 aromatic rings. The SMILES string of the molecule is Cc1cccc(-n2c(C)cc([C@@H]3[C@@H](c4ccccn4)NC(=S)N3CCC(=O)Nc3cccc4ccccc34)c2C)c1C. The lowest BCUT2D eigenvalue weighted by Crippen LogP contribution is -2.33. The molecule has 3 aromatic carbocycles. The lowest BCUT2D eigenvalue weighted by molar-refractivity contribution is -0.116. The summed E-state index contributed by atoms with van der Waals surface area (Å²) in [4.78, 5) is 20.1. The molecular weight excluding hydrogens is 538 g/mol. The second-order valence-electron chi connectivity index (χ2n) is 11.0. The minimum absolute atomic E-state index is 0.0463. The first-order chi connectivity index (χ1) is 20.3. The van der Waals surface area contributed by atoms with Gasteiger partial charge in [0.1, 0.15) is 0 Å². The first-order valence-corrected chi connectivity index (χ1v) is 14.8. The summed E-state index contributed by atoms with van der Waals surface area (Å²) in [5, 5.41) is 9.42. The molecule has 2 atom stereocenters. The smallest absolute Gasteiger partial charge is 0.226 e. The molecule has 42 heavy (non-hydrogen) atoms. The number of anilines is 1. The van der Waals surface area contributed by atoms with E-state index in [2.05, 4.69) is 84.2 Å². The molecule has 1 saturated heterocycles. The van der Waals surface area contributed by atoms with E-state index in [0.717, 1.165) is 33.5 Å². The number of hydrogen-bond donors (Lipinski definition) is 2. The van der Waals surface area contributed by atoms with E-state index < -0.39 is 0 Å². The van der Waals surface area contributed by atoms with Gasteiger partial charge in [0.2, 0.25) is 5.91 Å². The standard InChI is InChI=1S/C35H35N5OS/c1-22-11-9-17-31(24(22)3)40-23(2)21-28(25(40)4)34-33(30-15-7-8-19-36-30)38-35(42)39(34)20-18-32(41)37-29-16-10-13-26-12-5-6-14-27(26)29/h5-17,19,21,33-34H,18,20H2,1-4H3,(H,37,41)(H,38,42)/t33-,34-/m1/s1. The van der Waals surface area contributed by atoms with E-state index >= 15 is 0 Å². The normalized spacial score (nSPS) is 16.6. The van der Waals surface area contributed by atoms with Crippen molar-refractivity contribution in [3.8, 4) is 5.69 Å². The van der Waals surface area contributed by atoms with Crippen molar-refractivity contribution in [3.63, 3.8) is 0 Å². The van der Waals surface area contributed by atoms with Crippen LogP contribution in [0.15, 0.2) is 91.1 Å². The number of aryl methyl sites for hydroxylation is 2. The van der Waals surface area contributed by atoms with E-state index in [9.17, 15) is 4.79 Å². The molecule has 0 saturated carbocycles. The number of fused-ring (bicyclic) bond motifs is 1. The number of benzene rings is 3. The zero-order valence-corrected chi connectivity index (χ0v) is 25.2. The maximum absolute atomic E-state index is 13.3. The van der Waals surface area contributed by atoms with Gasteiger partial charge in [0.15, 0.2) is 5.11 Å². The summed E-state index contributed by atoms with van der Waals surface area (Å²) >= 11 is 5.90. The Morgan fingerprint density at radius 3 is 2.52 bits per heavy atom. The van der Waals surface area contributed by atoms with Crippen LogP contribution in [0.2, 0.25) is 0 Å². The van der Waals surface area contributed by atoms with Crippen LogP contribution in [0.4, 0.5) is 5.69 Å². The van der Waals surface area contributed by atoms with Gasteiger partial charge in [0, 0.05) is 47.3 Å². The summed E-state index contributed by atoms with van der Waals surface area (Å²) in [5.74, 6) is -0.0463. The van der Waals surface area contributed by atoms with Crippen LogP contribution in [0.25, 0.3) is 16.5 Å². The molecule has 6 nitrogen and oxygen atoms in total. The summed E-state index contributed by atoms with van der Waals surface area (Å²) in [6, 6.07) is 28.4. The Labute approximate surface area is 252 Å². The Kier molecular flexibility index (Phi) is 7.52. The number of carbonyl (C=O) groups is 1. The van der Waals surface area contributed by atoms with Crippen molar-refractivity contribution in [2.45, 2.75) is 46.2 Å². The molecule has 0 aliphatic carbocycles. The minimum atomic E-state index is -0.146. The number of nitrogens with one attached hydrogen (secondary N) is 2. The summed E-state index contributed by atoms with van der Waals surface area (Å²) < 4.78 is 2.33. The predicted octanol–water partition coefficient (Wildman–Crippen LogP) is 7.26. The van der Waals surface area contributed by atoms with Gasteiger partial charge in [-0.2, -0.15) is 0 Å². The highest BCUT2D eigenvalue weighted by Crippen LogP contribution is 2.41. The molecule has 1 amide bonds. The number of nitrogens with zero attached hydrogens (tertiary/aromatic N) is 3. The van der Waals surface area contributed by atoms with Gasteiger partial charge in [-0.15, -0.1) is 0 Å². The van der Waals surface area contributed by atoms with Gasteiger partial charge < -0.3 is 20.1 Å². The van der Waals surface area contributed by atoms with Gasteiger partial charge >= 0.3 is 0 Å². The van der Waals surface area contributed by atoms with Gasteiger partial charge in [0.25, 0.3) is 0 Å². The maximum Gasteiger partial charge on any atom is 0.226 e. The maximum atomic E-state index is 13.3. The highest BCUT2D eigenvalue weighted by atomic mass is 32.1. The molecule has 212 valence electrons. The molecule has 0 unspecified atom stereocenters. The largest absolute Gasteiger partial charge is 0.352 e. The van der Waals surface area contributed by atoms with Gasteiger partial charge in [-0.25, -0.2) is 0 Å². The van der Waals surface area contributed by atoms with Crippen molar-refractivity contribution in [2.75, 3.05) is 11.9 Å². The molecule has 1 aliphatic rings. The Morgan fingerprint density at radius 1 is 0.952 bits per heavy atom. The van der Waals surface area contributed by atoms with Crippen molar-refractivity contribution >= 4 is 39.7 Å². The number of carbonyl (C=O) groups excluding carboxylic acids is 1. The molecule has 2 N–H and O–H groups in total. The zero-order chi connectivity index (χ0) is 29.4. The number of hydrogen-bond acceptors (Lipinski definition) is 3. The third-order valence-electron chi connectivity index (χ3n) is 8.45. The monoisotopic (exact) mass is 573 g/mol. The average Bonchev–Trinajstić information content (AvgIpc) is 3.48. The molecule has 0 spiro atoms. The minimum Gasteiger partial charge on any atom is -0.352 e. The van der Waals surface area contributed by atoms with Gasteiger partial charge in [-0.3, -0.25) is 9.78 Å². The molecule has 2 aromatic heterocycles. The van der Waals surface area contributed by atoms with Crippen LogP contribution < -0.4 is 10.6 Å². The molecule has 6 rings (SSSR count). The van der Waals surface area contributed by atoms with Gasteiger partial charge in [-0.05, 0) is 92.3 Å². The van der Waals surface area contributed by atoms with Crippen molar-refractivity contribution in [1.29, 1.82) is 0 Å². The Morgan fingerprint density at radius 2 is 1.71 bits per heavy atom. The molecule has 1 fully saturated rings. The Balaban J connectivity index is 1.33. The van der Waals surface area contributed by atoms with Crippen molar-refractivity contribution in [3.05, 3.63) is 125 Å². The lowest BCUT2D eigenvalue weighted by atomic mass is 9.96. The fourth-order valence-corrected chi connectivity index (χ4v) is 6.52. The molecule has 1 aliphatic heterocycles. The summed E-state index contributed by atoms with van der Waals surface area (Å²) in [7, 11) is 0. The van der Waals surface area contributed by atoms with Crippen LogP contribution in [-0.4, -0.2) is 32.0 Å². The molecule has 7 heteroatoms. The van der Waals surface area contributed by atoms with Crippen molar-refractivity contribution in [2.24, 2.45) is 0 Å². The van der Waals surface area contributed by atoms with Crippen LogP contribution in [0, 0.1) is 27.7 Å². The third kappa shape index (κ3) is 5.05. The molecule has 0 radical (unpaired) electrons.